The van der Waals surface area contributed by atoms with Crippen molar-refractivity contribution in [3.63, 3.8) is 0 Å². The van der Waals surface area contributed by atoms with Crippen molar-refractivity contribution >= 4 is 34.2 Å². The monoisotopic (exact) mass is 443 g/mol. The first-order valence-electron chi connectivity index (χ1n) is 11.2. The Kier molecular flexibility index (Phi) is 5.32. The van der Waals surface area contributed by atoms with Gasteiger partial charge in [0.25, 0.3) is 0 Å². The molecule has 9 nitrogen and oxygen atoms in total. The number of piperazine rings is 1. The maximum absolute atomic E-state index is 14.3. The number of imide groups is 1. The first kappa shape index (κ1) is 20.9. The van der Waals surface area contributed by atoms with E-state index in [4.69, 9.17) is 0 Å². The van der Waals surface area contributed by atoms with Gasteiger partial charge in [-0.2, -0.15) is 0 Å². The lowest BCUT2D eigenvalue weighted by Gasteiger charge is -2.30. The Morgan fingerprint density at radius 3 is 2.62 bits per heavy atom. The molecule has 4 heterocycles. The molecule has 5 rings (SSSR count). The van der Waals surface area contributed by atoms with Crippen molar-refractivity contribution in [1.82, 2.24) is 19.8 Å². The topological polar surface area (TPSA) is 91.4 Å². The number of fused-ring (bicyclic) bond motifs is 1. The zero-order chi connectivity index (χ0) is 22.4. The zero-order valence-corrected chi connectivity index (χ0v) is 18.1. The zero-order valence-electron chi connectivity index (χ0n) is 18.1. The van der Waals surface area contributed by atoms with Gasteiger partial charge in [-0.05, 0) is 18.6 Å². The van der Waals surface area contributed by atoms with Gasteiger partial charge in [-0.25, -0.2) is 13.8 Å². The molecule has 3 aliphatic rings. The molecule has 2 N–H and O–H groups in total. The molecule has 170 valence electrons. The summed E-state index contributed by atoms with van der Waals surface area (Å²) in [6.07, 6.45) is 0.331. The molecule has 2 aromatic rings. The Labute approximate surface area is 184 Å². The van der Waals surface area contributed by atoms with Crippen molar-refractivity contribution in [2.24, 2.45) is 7.05 Å². The Balaban J connectivity index is 1.48. The predicted octanol–water partition coefficient (Wildman–Crippen LogP) is -0.0774. The van der Waals surface area contributed by atoms with E-state index in [-0.39, 0.29) is 18.0 Å². The minimum Gasteiger partial charge on any atom is -0.357 e. The summed E-state index contributed by atoms with van der Waals surface area (Å²) >= 11 is 0. The molecule has 3 aliphatic heterocycles. The fourth-order valence-corrected chi connectivity index (χ4v) is 5.21. The molecular formula is C22H28FN6O3+. The summed E-state index contributed by atoms with van der Waals surface area (Å²) in [5, 5.41) is 5.44. The largest absolute Gasteiger partial charge is 0.357 e. The van der Waals surface area contributed by atoms with Crippen LogP contribution in [0.5, 0.6) is 0 Å². The van der Waals surface area contributed by atoms with Gasteiger partial charge in [-0.15, -0.1) is 0 Å². The predicted molar refractivity (Wildman–Crippen MR) is 118 cm³/mol. The quantitative estimate of drug-likeness (QED) is 0.501. The molecule has 2 amide bonds. The fraction of sp³-hybridized carbons (Fsp3) is 0.545. The molecule has 3 fully saturated rings. The lowest BCUT2D eigenvalue weighted by Crippen LogP contribution is -2.49. The first-order valence-corrected chi connectivity index (χ1v) is 11.2. The second kappa shape index (κ2) is 8.16. The number of nitrogens with zero attached hydrogens (tertiary/aromatic N) is 4. The summed E-state index contributed by atoms with van der Waals surface area (Å²) in [6.45, 7) is 4.10. The number of amides is 2. The number of rotatable bonds is 2. The highest BCUT2D eigenvalue weighted by atomic mass is 19.1. The van der Waals surface area contributed by atoms with Crippen LogP contribution in [0, 0.1) is 0 Å². The van der Waals surface area contributed by atoms with Gasteiger partial charge in [0.2, 0.25) is 11.8 Å². The Morgan fingerprint density at radius 1 is 1.12 bits per heavy atom. The van der Waals surface area contributed by atoms with Crippen LogP contribution < -0.4 is 21.2 Å². The number of nitrogens with one attached hydrogen (secondary N) is 2. The van der Waals surface area contributed by atoms with E-state index in [0.29, 0.717) is 18.5 Å². The highest BCUT2D eigenvalue weighted by molar-refractivity contribution is 6.00. The minimum absolute atomic E-state index is 0.213. The number of imidazole rings is 1. The highest BCUT2D eigenvalue weighted by Gasteiger charge is 2.34. The smallest absolute Gasteiger partial charge is 0.329 e. The maximum Gasteiger partial charge on any atom is 0.329 e. The fourth-order valence-electron chi connectivity index (χ4n) is 5.21. The van der Waals surface area contributed by atoms with Crippen molar-refractivity contribution < 1.29 is 18.6 Å². The summed E-state index contributed by atoms with van der Waals surface area (Å²) in [6, 6.07) is 5.03. The van der Waals surface area contributed by atoms with E-state index in [9.17, 15) is 18.8 Å². The number of para-hydroxylation sites is 1. The maximum atomic E-state index is 14.3. The molecule has 1 aromatic heterocycles. The summed E-state index contributed by atoms with van der Waals surface area (Å²) in [7, 11) is 1.71. The first-order chi connectivity index (χ1) is 15.5. The van der Waals surface area contributed by atoms with Crippen LogP contribution in [-0.4, -0.2) is 76.7 Å². The van der Waals surface area contributed by atoms with Crippen molar-refractivity contribution in [2.75, 3.05) is 44.2 Å². The minimum atomic E-state index is -0.929. The van der Waals surface area contributed by atoms with Crippen LogP contribution in [0.2, 0.25) is 0 Å². The van der Waals surface area contributed by atoms with E-state index in [1.165, 1.54) is 4.57 Å². The molecule has 2 atom stereocenters. The number of carbonyl (C=O) groups is 2. The van der Waals surface area contributed by atoms with Gasteiger partial charge in [-0.1, -0.05) is 6.07 Å². The van der Waals surface area contributed by atoms with Gasteiger partial charge in [0, 0.05) is 33.0 Å². The number of halogens is 1. The van der Waals surface area contributed by atoms with Gasteiger partial charge >= 0.3 is 5.69 Å². The van der Waals surface area contributed by atoms with Crippen LogP contribution in [0.3, 0.4) is 0 Å². The number of benzene rings is 1. The van der Waals surface area contributed by atoms with E-state index in [1.807, 2.05) is 18.2 Å². The molecular weight excluding hydrogens is 415 g/mol. The number of anilines is 1. The highest BCUT2D eigenvalue weighted by Crippen LogP contribution is 2.30. The summed E-state index contributed by atoms with van der Waals surface area (Å²) < 4.78 is 19.6. The van der Waals surface area contributed by atoms with Crippen molar-refractivity contribution in [1.29, 1.82) is 0 Å². The van der Waals surface area contributed by atoms with Crippen molar-refractivity contribution in [2.45, 2.75) is 31.5 Å². The van der Waals surface area contributed by atoms with Gasteiger partial charge in [-0.3, -0.25) is 24.0 Å². The lowest BCUT2D eigenvalue weighted by atomic mass is 10.1. The summed E-state index contributed by atoms with van der Waals surface area (Å²) in [5.41, 5.74) is 3.00. The normalized spacial score (nSPS) is 24.9. The van der Waals surface area contributed by atoms with Crippen LogP contribution in [0.4, 0.5) is 10.1 Å². The Bertz CT molecular complexity index is 1170. The third kappa shape index (κ3) is 3.42. The van der Waals surface area contributed by atoms with E-state index in [2.05, 4.69) is 20.1 Å². The van der Waals surface area contributed by atoms with Crippen molar-refractivity contribution in [3.8, 4) is 0 Å². The molecule has 32 heavy (non-hydrogen) atoms. The second-order valence-electron chi connectivity index (χ2n) is 8.71. The average Bonchev–Trinajstić information content (AvgIpc) is 3.05. The number of carbonyl (C=O) groups excluding carboxylic acids is 2. The van der Waals surface area contributed by atoms with E-state index in [1.54, 1.807) is 11.6 Å². The third-order valence-corrected chi connectivity index (χ3v) is 6.87. The van der Waals surface area contributed by atoms with Crippen LogP contribution in [-0.2, 0) is 16.6 Å². The SMILES string of the molecule is Cn1c(=O)n(C2CCC(=O)NC2=O)c2cccc(N3CC[N+](=C4CCNC[C@@H]4F)CC3)c21. The van der Waals surface area contributed by atoms with Crippen molar-refractivity contribution in [3.05, 3.63) is 28.7 Å². The standard InChI is InChI=1S/C22H27FN6O3/c1-26-20-16(28-11-9-27(10-12-28)15-7-8-24-13-14(15)23)3-2-4-17(20)29(22(26)32)18-5-6-19(30)25-21(18)31/h2-4,14,18,24H,5-13H2,1H3/p+1/t14-,18?/m0/s1. The molecule has 0 spiro atoms. The number of piperidine rings is 2. The van der Waals surface area contributed by atoms with Gasteiger partial charge < -0.3 is 10.2 Å². The summed E-state index contributed by atoms with van der Waals surface area (Å²) in [5.74, 6) is -0.741. The number of alkyl halides is 1. The van der Waals surface area contributed by atoms with Crippen LogP contribution in [0.25, 0.3) is 11.0 Å². The van der Waals surface area contributed by atoms with Crippen LogP contribution >= 0.6 is 0 Å². The van der Waals surface area contributed by atoms with Gasteiger partial charge in [0.05, 0.1) is 29.8 Å². The number of aryl methyl sites for hydroxylation is 1. The molecule has 1 unspecified atom stereocenters. The molecule has 0 saturated carbocycles. The third-order valence-electron chi connectivity index (χ3n) is 6.87. The summed E-state index contributed by atoms with van der Waals surface area (Å²) in [4.78, 5) is 39.4. The van der Waals surface area contributed by atoms with E-state index in [0.717, 1.165) is 56.1 Å². The number of hydrogen-bond acceptors (Lipinski definition) is 5. The van der Waals surface area contributed by atoms with Gasteiger partial charge in [0.15, 0.2) is 25.0 Å². The molecule has 3 saturated heterocycles. The Hall–Kier alpha value is -3.01. The molecule has 0 radical (unpaired) electrons. The van der Waals surface area contributed by atoms with Crippen LogP contribution in [0.1, 0.15) is 25.3 Å². The number of hydrogen-bond donors (Lipinski definition) is 2. The average molecular weight is 444 g/mol. The molecule has 0 bridgehead atoms. The van der Waals surface area contributed by atoms with Crippen LogP contribution in [0.15, 0.2) is 23.0 Å². The second-order valence-corrected chi connectivity index (χ2v) is 8.71. The molecule has 10 heteroatoms. The molecule has 0 aliphatic carbocycles. The molecule has 1 aromatic carbocycles. The van der Waals surface area contributed by atoms with E-state index < -0.39 is 18.1 Å². The lowest BCUT2D eigenvalue weighted by molar-refractivity contribution is -0.533. The van der Waals surface area contributed by atoms with Gasteiger partial charge in [0.1, 0.15) is 6.04 Å². The number of aromatic nitrogens is 2. The van der Waals surface area contributed by atoms with E-state index >= 15 is 0 Å². The Morgan fingerprint density at radius 2 is 1.91 bits per heavy atom.